The number of rotatable bonds is 8. The van der Waals surface area contributed by atoms with Crippen LogP contribution in [-0.4, -0.2) is 50.7 Å². The Morgan fingerprint density at radius 3 is 2.57 bits per heavy atom. The zero-order chi connectivity index (χ0) is 19.8. The molecule has 0 radical (unpaired) electrons. The lowest BCUT2D eigenvalue weighted by atomic mass is 10.3. The van der Waals surface area contributed by atoms with Gasteiger partial charge in [-0.25, -0.2) is 8.42 Å². The van der Waals surface area contributed by atoms with Gasteiger partial charge in [0.15, 0.2) is 0 Å². The Morgan fingerprint density at radius 1 is 1.07 bits per heavy atom. The molecule has 1 saturated heterocycles. The van der Waals surface area contributed by atoms with Crippen molar-refractivity contribution >= 4 is 33.4 Å². The molecular weight excluding hydrogens is 396 g/mol. The molecule has 1 amide bonds. The number of nitrogens with zero attached hydrogens (tertiary/aromatic N) is 1. The van der Waals surface area contributed by atoms with Crippen LogP contribution in [0, 0.1) is 0 Å². The van der Waals surface area contributed by atoms with Crippen LogP contribution in [0.3, 0.4) is 0 Å². The summed E-state index contributed by atoms with van der Waals surface area (Å²) in [4.78, 5) is 13.6. The fraction of sp³-hybridized carbons (Fsp3) is 0.350. The summed E-state index contributed by atoms with van der Waals surface area (Å²) in [7, 11) is -3.57. The second kappa shape index (κ2) is 10.1. The molecule has 0 saturated carbocycles. The van der Waals surface area contributed by atoms with Crippen LogP contribution < -0.4 is 5.32 Å². The maximum Gasteiger partial charge on any atom is 0.243 e. The molecule has 0 aromatic heterocycles. The molecule has 0 unspecified atom stereocenters. The molecule has 1 fully saturated rings. The number of ether oxygens (including phenoxy) is 1. The first-order chi connectivity index (χ1) is 13.6. The molecule has 28 heavy (non-hydrogen) atoms. The van der Waals surface area contributed by atoms with Crippen molar-refractivity contribution in [2.45, 2.75) is 22.6 Å². The van der Waals surface area contributed by atoms with Gasteiger partial charge in [-0.05, 0) is 42.5 Å². The van der Waals surface area contributed by atoms with E-state index in [1.165, 1.54) is 15.3 Å². The van der Waals surface area contributed by atoms with E-state index in [0.717, 1.165) is 12.2 Å². The van der Waals surface area contributed by atoms with Crippen LogP contribution in [0.1, 0.15) is 12.8 Å². The number of morpholine rings is 1. The molecule has 150 valence electrons. The molecule has 1 aliphatic heterocycles. The Bertz CT molecular complexity index is 882. The van der Waals surface area contributed by atoms with E-state index in [1.54, 1.807) is 30.0 Å². The number of amides is 1. The van der Waals surface area contributed by atoms with Crippen LogP contribution in [0.15, 0.2) is 64.4 Å². The van der Waals surface area contributed by atoms with Gasteiger partial charge in [0, 0.05) is 30.1 Å². The summed E-state index contributed by atoms with van der Waals surface area (Å²) in [6.45, 7) is 1.49. The average Bonchev–Trinajstić information content (AvgIpc) is 2.73. The Kier molecular flexibility index (Phi) is 7.50. The van der Waals surface area contributed by atoms with E-state index in [2.05, 4.69) is 5.32 Å². The third kappa shape index (κ3) is 5.81. The SMILES string of the molecule is O=C(CCCSc1ccccc1)Nc1cccc(S(=O)(=O)N2CCOCC2)c1. The maximum absolute atomic E-state index is 12.7. The highest BCUT2D eigenvalue weighted by molar-refractivity contribution is 7.99. The number of sulfonamides is 1. The van der Waals surface area contributed by atoms with E-state index < -0.39 is 10.0 Å². The summed E-state index contributed by atoms with van der Waals surface area (Å²) in [6.07, 6.45) is 1.14. The van der Waals surface area contributed by atoms with E-state index in [4.69, 9.17) is 4.74 Å². The van der Waals surface area contributed by atoms with Gasteiger partial charge in [0.2, 0.25) is 15.9 Å². The van der Waals surface area contributed by atoms with Crippen LogP contribution in [0.5, 0.6) is 0 Å². The van der Waals surface area contributed by atoms with Crippen LogP contribution in [0.25, 0.3) is 0 Å². The highest BCUT2D eigenvalue weighted by Crippen LogP contribution is 2.21. The average molecular weight is 421 g/mol. The van der Waals surface area contributed by atoms with Gasteiger partial charge in [-0.15, -0.1) is 11.8 Å². The summed E-state index contributed by atoms with van der Waals surface area (Å²) in [5.41, 5.74) is 0.495. The number of hydrogen-bond acceptors (Lipinski definition) is 5. The lowest BCUT2D eigenvalue weighted by Gasteiger charge is -2.26. The molecule has 1 N–H and O–H groups in total. The third-order valence-corrected chi connectivity index (χ3v) is 7.28. The first-order valence-corrected chi connectivity index (χ1v) is 11.6. The van der Waals surface area contributed by atoms with E-state index in [-0.39, 0.29) is 10.8 Å². The van der Waals surface area contributed by atoms with E-state index in [1.807, 2.05) is 30.3 Å². The summed E-state index contributed by atoms with van der Waals surface area (Å²) in [6, 6.07) is 16.5. The fourth-order valence-corrected chi connectivity index (χ4v) is 5.16. The fourth-order valence-electron chi connectivity index (χ4n) is 2.83. The smallest absolute Gasteiger partial charge is 0.243 e. The molecule has 2 aromatic rings. The number of carbonyl (C=O) groups is 1. The Morgan fingerprint density at radius 2 is 1.82 bits per heavy atom. The summed E-state index contributed by atoms with van der Waals surface area (Å²) in [5.74, 6) is 0.734. The van der Waals surface area contributed by atoms with Gasteiger partial charge in [0.25, 0.3) is 0 Å². The number of carbonyl (C=O) groups excluding carboxylic acids is 1. The maximum atomic E-state index is 12.7. The van der Waals surface area contributed by atoms with Crippen molar-refractivity contribution in [2.75, 3.05) is 37.4 Å². The van der Waals surface area contributed by atoms with Crippen molar-refractivity contribution < 1.29 is 17.9 Å². The second-order valence-electron chi connectivity index (χ2n) is 6.36. The molecule has 8 heteroatoms. The van der Waals surface area contributed by atoms with Gasteiger partial charge < -0.3 is 10.1 Å². The van der Waals surface area contributed by atoms with Crippen molar-refractivity contribution in [2.24, 2.45) is 0 Å². The quantitative estimate of drug-likeness (QED) is 0.524. The molecule has 0 aliphatic carbocycles. The molecular formula is C20H24N2O4S2. The molecule has 6 nitrogen and oxygen atoms in total. The minimum absolute atomic E-state index is 0.116. The van der Waals surface area contributed by atoms with Crippen LogP contribution in [0.4, 0.5) is 5.69 Å². The number of benzene rings is 2. The first-order valence-electron chi connectivity index (χ1n) is 9.21. The van der Waals surface area contributed by atoms with E-state index in [0.29, 0.717) is 38.4 Å². The summed E-state index contributed by atoms with van der Waals surface area (Å²) >= 11 is 1.72. The minimum atomic E-state index is -3.57. The Balaban J connectivity index is 1.51. The number of nitrogens with one attached hydrogen (secondary N) is 1. The standard InChI is InChI=1S/C20H24N2O4S2/c23-20(10-5-15-27-18-7-2-1-3-8-18)21-17-6-4-9-19(16-17)28(24,25)22-11-13-26-14-12-22/h1-4,6-9,16H,5,10-15H2,(H,21,23). The first kappa shape index (κ1) is 20.9. The highest BCUT2D eigenvalue weighted by atomic mass is 32.2. The zero-order valence-electron chi connectivity index (χ0n) is 15.5. The predicted octanol–water partition coefficient (Wildman–Crippen LogP) is 3.22. The number of thioether (sulfide) groups is 1. The van der Waals surface area contributed by atoms with Crippen molar-refractivity contribution in [1.82, 2.24) is 4.31 Å². The third-order valence-electron chi connectivity index (χ3n) is 4.29. The minimum Gasteiger partial charge on any atom is -0.379 e. The largest absolute Gasteiger partial charge is 0.379 e. The Labute approximate surface area is 170 Å². The molecule has 3 rings (SSSR count). The molecule has 0 spiro atoms. The van der Waals surface area contributed by atoms with Crippen molar-refractivity contribution in [3.63, 3.8) is 0 Å². The van der Waals surface area contributed by atoms with Gasteiger partial charge in [-0.3, -0.25) is 4.79 Å². The number of hydrogen-bond donors (Lipinski definition) is 1. The van der Waals surface area contributed by atoms with Crippen LogP contribution >= 0.6 is 11.8 Å². The van der Waals surface area contributed by atoms with Crippen molar-refractivity contribution in [3.8, 4) is 0 Å². The van der Waals surface area contributed by atoms with Crippen molar-refractivity contribution in [3.05, 3.63) is 54.6 Å². The summed E-state index contributed by atoms with van der Waals surface area (Å²) in [5, 5.41) is 2.80. The van der Waals surface area contributed by atoms with Gasteiger partial charge in [-0.2, -0.15) is 4.31 Å². The lowest BCUT2D eigenvalue weighted by Crippen LogP contribution is -2.40. The molecule has 0 bridgehead atoms. The topological polar surface area (TPSA) is 75.7 Å². The monoisotopic (exact) mass is 420 g/mol. The molecule has 2 aromatic carbocycles. The van der Waals surface area contributed by atoms with Gasteiger partial charge in [-0.1, -0.05) is 24.3 Å². The zero-order valence-corrected chi connectivity index (χ0v) is 17.2. The van der Waals surface area contributed by atoms with Crippen LogP contribution in [0.2, 0.25) is 0 Å². The predicted molar refractivity (Wildman–Crippen MR) is 111 cm³/mol. The normalized spacial score (nSPS) is 15.3. The second-order valence-corrected chi connectivity index (χ2v) is 9.46. The molecule has 1 heterocycles. The molecule has 0 atom stereocenters. The van der Waals surface area contributed by atoms with Crippen LogP contribution in [-0.2, 0) is 19.6 Å². The van der Waals surface area contributed by atoms with E-state index >= 15 is 0 Å². The highest BCUT2D eigenvalue weighted by Gasteiger charge is 2.26. The molecule has 1 aliphatic rings. The lowest BCUT2D eigenvalue weighted by molar-refractivity contribution is -0.116. The van der Waals surface area contributed by atoms with Crippen molar-refractivity contribution in [1.29, 1.82) is 0 Å². The van der Waals surface area contributed by atoms with Gasteiger partial charge >= 0.3 is 0 Å². The Hall–Kier alpha value is -1.87. The van der Waals surface area contributed by atoms with E-state index in [9.17, 15) is 13.2 Å². The number of anilines is 1. The summed E-state index contributed by atoms with van der Waals surface area (Å²) < 4.78 is 32.1. The van der Waals surface area contributed by atoms with Gasteiger partial charge in [0.05, 0.1) is 18.1 Å². The van der Waals surface area contributed by atoms with Gasteiger partial charge in [0.1, 0.15) is 0 Å².